The Morgan fingerprint density at radius 3 is 2.45 bits per heavy atom. The first-order chi connectivity index (χ1) is 14.9. The van der Waals surface area contributed by atoms with Crippen molar-refractivity contribution in [1.29, 1.82) is 0 Å². The number of aryl methyl sites for hydroxylation is 2. The van der Waals surface area contributed by atoms with Crippen molar-refractivity contribution < 1.29 is 4.79 Å². The molecule has 2 aromatic heterocycles. The van der Waals surface area contributed by atoms with Crippen LogP contribution in [0.5, 0.6) is 0 Å². The minimum absolute atomic E-state index is 0.0226. The van der Waals surface area contributed by atoms with E-state index in [2.05, 4.69) is 10.1 Å². The first kappa shape index (κ1) is 20.5. The maximum atomic E-state index is 13.1. The van der Waals surface area contributed by atoms with E-state index in [1.54, 1.807) is 34.3 Å². The van der Waals surface area contributed by atoms with Crippen molar-refractivity contribution in [2.75, 3.05) is 7.05 Å². The lowest BCUT2D eigenvalue weighted by Gasteiger charge is -2.18. The lowest BCUT2D eigenvalue weighted by molar-refractivity contribution is -0.130. The highest BCUT2D eigenvalue weighted by Gasteiger charge is 2.16. The van der Waals surface area contributed by atoms with E-state index < -0.39 is 0 Å². The van der Waals surface area contributed by atoms with Crippen molar-refractivity contribution in [3.05, 3.63) is 88.1 Å². The smallest absolute Gasteiger partial charge is 0.264 e. The minimum Gasteiger partial charge on any atom is -0.341 e. The fourth-order valence-corrected chi connectivity index (χ4v) is 3.59. The van der Waals surface area contributed by atoms with Gasteiger partial charge in [-0.05, 0) is 31.5 Å². The van der Waals surface area contributed by atoms with E-state index in [-0.39, 0.29) is 24.4 Å². The van der Waals surface area contributed by atoms with E-state index in [0.717, 1.165) is 16.8 Å². The summed E-state index contributed by atoms with van der Waals surface area (Å²) in [6.45, 7) is 4.62. The van der Waals surface area contributed by atoms with Crippen LogP contribution in [-0.4, -0.2) is 37.2 Å². The van der Waals surface area contributed by atoms with Crippen LogP contribution in [0.1, 0.15) is 23.4 Å². The summed E-state index contributed by atoms with van der Waals surface area (Å²) in [6.07, 6.45) is 1.77. The third-order valence-electron chi connectivity index (χ3n) is 5.39. The van der Waals surface area contributed by atoms with Crippen LogP contribution in [0, 0.1) is 13.8 Å². The number of carbonyl (C=O) groups excluding carboxylic acids is 1. The second-order valence-corrected chi connectivity index (χ2v) is 7.73. The zero-order valence-corrected chi connectivity index (χ0v) is 17.9. The number of carbonyl (C=O) groups is 1. The lowest BCUT2D eigenvalue weighted by atomic mass is 10.2. The normalized spacial score (nSPS) is 11.1. The highest BCUT2D eigenvalue weighted by Crippen LogP contribution is 2.15. The summed E-state index contributed by atoms with van der Waals surface area (Å²) < 4.78 is 3.23. The average Bonchev–Trinajstić information content (AvgIpc) is 3.18. The maximum Gasteiger partial charge on any atom is 0.264 e. The predicted molar refractivity (Wildman–Crippen MR) is 120 cm³/mol. The molecule has 2 aromatic carbocycles. The summed E-state index contributed by atoms with van der Waals surface area (Å²) in [5, 5.41) is 4.82. The van der Waals surface area contributed by atoms with Crippen LogP contribution in [0.4, 0.5) is 0 Å². The molecule has 1 amide bonds. The van der Waals surface area contributed by atoms with Gasteiger partial charge in [0.25, 0.3) is 5.56 Å². The molecule has 31 heavy (non-hydrogen) atoms. The second kappa shape index (κ2) is 8.55. The molecule has 4 aromatic rings. The van der Waals surface area contributed by atoms with Gasteiger partial charge in [-0.2, -0.15) is 5.10 Å². The molecule has 2 heterocycles. The van der Waals surface area contributed by atoms with Crippen LogP contribution in [0.2, 0.25) is 0 Å². The van der Waals surface area contributed by atoms with E-state index in [1.807, 2.05) is 61.5 Å². The van der Waals surface area contributed by atoms with Gasteiger partial charge < -0.3 is 4.90 Å². The van der Waals surface area contributed by atoms with E-state index in [1.165, 1.54) is 0 Å². The quantitative estimate of drug-likeness (QED) is 0.485. The molecule has 7 nitrogen and oxygen atoms in total. The molecule has 0 saturated heterocycles. The Morgan fingerprint density at radius 2 is 1.74 bits per heavy atom. The number of amides is 1. The molecule has 158 valence electrons. The van der Waals surface area contributed by atoms with E-state index in [0.29, 0.717) is 23.4 Å². The molecule has 0 N–H and O–H groups in total. The lowest BCUT2D eigenvalue weighted by Crippen LogP contribution is -2.30. The van der Waals surface area contributed by atoms with Gasteiger partial charge in [0.2, 0.25) is 5.91 Å². The first-order valence-electron chi connectivity index (χ1n) is 10.2. The number of hydrogen-bond acceptors (Lipinski definition) is 4. The zero-order chi connectivity index (χ0) is 22.0. The molecule has 0 atom stereocenters. The molecule has 7 heteroatoms. The van der Waals surface area contributed by atoms with Gasteiger partial charge >= 0.3 is 0 Å². The van der Waals surface area contributed by atoms with Crippen molar-refractivity contribution in [3.8, 4) is 5.69 Å². The minimum atomic E-state index is -0.181. The highest BCUT2D eigenvalue weighted by molar-refractivity contribution is 5.76. The maximum absolute atomic E-state index is 13.1. The van der Waals surface area contributed by atoms with Crippen molar-refractivity contribution in [1.82, 2.24) is 24.2 Å². The van der Waals surface area contributed by atoms with E-state index in [4.69, 9.17) is 0 Å². The van der Waals surface area contributed by atoms with E-state index >= 15 is 0 Å². The van der Waals surface area contributed by atoms with Crippen LogP contribution in [0.25, 0.3) is 16.7 Å². The Bertz CT molecular complexity index is 1270. The van der Waals surface area contributed by atoms with Gasteiger partial charge in [0, 0.05) is 26.6 Å². The average molecular weight is 415 g/mol. The number of benzene rings is 2. The van der Waals surface area contributed by atoms with Gasteiger partial charge in [-0.15, -0.1) is 0 Å². The Labute approximate surface area is 180 Å². The van der Waals surface area contributed by atoms with Gasteiger partial charge in [0.05, 0.1) is 11.9 Å². The molecule has 0 bridgehead atoms. The van der Waals surface area contributed by atoms with Crippen LogP contribution in [0.15, 0.2) is 65.6 Å². The monoisotopic (exact) mass is 415 g/mol. The Balaban J connectivity index is 1.54. The molecule has 0 fully saturated rings. The summed E-state index contributed by atoms with van der Waals surface area (Å²) in [6, 6.07) is 17.7. The summed E-state index contributed by atoms with van der Waals surface area (Å²) in [7, 11) is 1.78. The molecule has 0 saturated carbocycles. The third-order valence-corrected chi connectivity index (χ3v) is 5.39. The second-order valence-electron chi connectivity index (χ2n) is 7.73. The molecule has 0 unspecified atom stereocenters. The Kier molecular flexibility index (Phi) is 5.66. The topological polar surface area (TPSA) is 73.0 Å². The van der Waals surface area contributed by atoms with Crippen LogP contribution < -0.4 is 5.56 Å². The van der Waals surface area contributed by atoms with Gasteiger partial charge in [-0.25, -0.2) is 9.67 Å². The summed E-state index contributed by atoms with van der Waals surface area (Å²) >= 11 is 0. The van der Waals surface area contributed by atoms with Gasteiger partial charge in [0.1, 0.15) is 11.2 Å². The predicted octanol–water partition coefficient (Wildman–Crippen LogP) is 3.25. The Morgan fingerprint density at radius 1 is 1.03 bits per heavy atom. The largest absolute Gasteiger partial charge is 0.341 e. The van der Waals surface area contributed by atoms with Crippen molar-refractivity contribution >= 4 is 16.9 Å². The molecule has 0 spiro atoms. The van der Waals surface area contributed by atoms with Gasteiger partial charge in [0.15, 0.2) is 5.65 Å². The number of fused-ring (bicyclic) bond motifs is 1. The van der Waals surface area contributed by atoms with E-state index in [9.17, 15) is 9.59 Å². The molecule has 0 aliphatic carbocycles. The zero-order valence-electron chi connectivity index (χ0n) is 17.9. The van der Waals surface area contributed by atoms with Crippen LogP contribution in [-0.2, 0) is 17.9 Å². The SMILES string of the molecule is Cc1ccc(-n2ncc3c(=O)n(CCC(=O)N(C)Cc4ccccc4)c(C)nc32)cc1. The van der Waals surface area contributed by atoms with Gasteiger partial charge in [-0.3, -0.25) is 14.2 Å². The standard InChI is InChI=1S/C24H25N5O2/c1-17-9-11-20(12-10-17)29-23-21(15-25-29)24(31)28(18(2)26-23)14-13-22(30)27(3)16-19-7-5-4-6-8-19/h4-12,15H,13-14,16H2,1-3H3. The van der Waals surface area contributed by atoms with Crippen molar-refractivity contribution in [2.45, 2.75) is 33.4 Å². The van der Waals surface area contributed by atoms with Crippen LogP contribution >= 0.6 is 0 Å². The molecule has 0 radical (unpaired) electrons. The number of nitrogens with zero attached hydrogens (tertiary/aromatic N) is 5. The fraction of sp³-hybridized carbons (Fsp3) is 0.250. The molecule has 4 rings (SSSR count). The molecule has 0 aliphatic rings. The number of rotatable bonds is 6. The van der Waals surface area contributed by atoms with Crippen molar-refractivity contribution in [2.24, 2.45) is 0 Å². The van der Waals surface area contributed by atoms with Gasteiger partial charge in [-0.1, -0.05) is 48.0 Å². The third kappa shape index (κ3) is 4.26. The summed E-state index contributed by atoms with van der Waals surface area (Å²) in [5.74, 6) is 0.537. The Hall–Kier alpha value is -3.74. The van der Waals surface area contributed by atoms with Crippen molar-refractivity contribution in [3.63, 3.8) is 0 Å². The number of aromatic nitrogens is 4. The van der Waals surface area contributed by atoms with Crippen LogP contribution in [0.3, 0.4) is 0 Å². The first-order valence-corrected chi connectivity index (χ1v) is 10.2. The summed E-state index contributed by atoms with van der Waals surface area (Å²) in [4.78, 5) is 32.0. The fourth-order valence-electron chi connectivity index (χ4n) is 3.59. The molecule has 0 aliphatic heterocycles. The molecular weight excluding hydrogens is 390 g/mol. The number of hydrogen-bond donors (Lipinski definition) is 0. The molecular formula is C24H25N5O2. The summed E-state index contributed by atoms with van der Waals surface area (Å²) in [5.41, 5.74) is 3.41. The highest BCUT2D eigenvalue weighted by atomic mass is 16.2.